The van der Waals surface area contributed by atoms with Crippen molar-refractivity contribution in [1.29, 1.82) is 0 Å². The molecule has 0 spiro atoms. The third kappa shape index (κ3) is 3.75. The van der Waals surface area contributed by atoms with Crippen LogP contribution in [0.25, 0.3) is 10.6 Å². The highest BCUT2D eigenvalue weighted by molar-refractivity contribution is 8.08. The molecule has 23 heavy (non-hydrogen) atoms. The van der Waals surface area contributed by atoms with Gasteiger partial charge in [-0.3, -0.25) is 4.99 Å². The second-order valence-corrected chi connectivity index (χ2v) is 7.05. The number of benzene rings is 1. The van der Waals surface area contributed by atoms with E-state index in [1.54, 1.807) is 0 Å². The summed E-state index contributed by atoms with van der Waals surface area (Å²) < 4.78 is 2.23. The molecular weight excluding hydrogens is 302 g/mol. The van der Waals surface area contributed by atoms with Gasteiger partial charge in [0.05, 0.1) is 5.69 Å². The van der Waals surface area contributed by atoms with Gasteiger partial charge in [0, 0.05) is 41.7 Å². The minimum atomic E-state index is 0.912. The van der Waals surface area contributed by atoms with Gasteiger partial charge < -0.3 is 4.57 Å². The Morgan fingerprint density at radius 1 is 1.30 bits per heavy atom. The normalized spacial score (nSPS) is 15.1. The first-order chi connectivity index (χ1) is 11.2. The van der Waals surface area contributed by atoms with E-state index in [2.05, 4.69) is 59.9 Å². The molecule has 3 rings (SSSR count). The smallest absolute Gasteiger partial charge is 0.114 e. The first kappa shape index (κ1) is 16.1. The summed E-state index contributed by atoms with van der Waals surface area (Å²) in [6.07, 6.45) is 7.49. The van der Waals surface area contributed by atoms with E-state index in [9.17, 15) is 0 Å². The van der Waals surface area contributed by atoms with E-state index in [0.29, 0.717) is 0 Å². The summed E-state index contributed by atoms with van der Waals surface area (Å²) in [5.41, 5.74) is 4.73. The van der Waals surface area contributed by atoms with Gasteiger partial charge >= 0.3 is 0 Å². The highest BCUT2D eigenvalue weighted by atomic mass is 32.2. The number of nitrogens with zero attached hydrogens (tertiary/aromatic N) is 3. The molecule has 4 heteroatoms. The van der Waals surface area contributed by atoms with Crippen LogP contribution in [0.5, 0.6) is 0 Å². The number of imidazole rings is 1. The number of thioether (sulfide) groups is 1. The van der Waals surface area contributed by atoms with Crippen molar-refractivity contribution in [2.24, 2.45) is 4.99 Å². The second kappa shape index (κ2) is 7.18. The van der Waals surface area contributed by atoms with Crippen molar-refractivity contribution in [3.63, 3.8) is 0 Å². The van der Waals surface area contributed by atoms with Crippen LogP contribution in [0.4, 0.5) is 0 Å². The zero-order chi connectivity index (χ0) is 16.2. The fourth-order valence-electron chi connectivity index (χ4n) is 2.64. The zero-order valence-electron chi connectivity index (χ0n) is 14.0. The van der Waals surface area contributed by atoms with E-state index < -0.39 is 0 Å². The van der Waals surface area contributed by atoms with Crippen molar-refractivity contribution in [1.82, 2.24) is 9.55 Å². The molecule has 3 nitrogen and oxygen atoms in total. The van der Waals surface area contributed by atoms with Gasteiger partial charge in [0.1, 0.15) is 5.82 Å². The lowest BCUT2D eigenvalue weighted by atomic mass is 10.2. The Balaban J connectivity index is 1.95. The van der Waals surface area contributed by atoms with Crippen LogP contribution in [0.1, 0.15) is 36.8 Å². The molecule has 0 unspecified atom stereocenters. The lowest BCUT2D eigenvalue weighted by molar-refractivity contribution is 0.856. The Morgan fingerprint density at radius 2 is 2.09 bits per heavy atom. The van der Waals surface area contributed by atoms with Crippen LogP contribution >= 0.6 is 11.8 Å². The summed E-state index contributed by atoms with van der Waals surface area (Å²) in [6.45, 7) is 4.19. The van der Waals surface area contributed by atoms with Crippen LogP contribution in [0.2, 0.25) is 0 Å². The molecule has 0 saturated heterocycles. The summed E-state index contributed by atoms with van der Waals surface area (Å²) in [6, 6.07) is 8.64. The molecule has 0 amide bonds. The molecule has 120 valence electrons. The fraction of sp³-hybridized carbons (Fsp3) is 0.368. The van der Waals surface area contributed by atoms with Crippen LogP contribution in [-0.4, -0.2) is 28.1 Å². The second-order valence-electron chi connectivity index (χ2n) is 5.91. The maximum absolute atomic E-state index is 4.92. The average molecular weight is 325 g/mol. The average Bonchev–Trinajstić information content (AvgIpc) is 3.22. The largest absolute Gasteiger partial charge is 0.303 e. The summed E-state index contributed by atoms with van der Waals surface area (Å²) in [4.78, 5) is 10.5. The molecule has 0 atom stereocenters. The maximum Gasteiger partial charge on any atom is 0.114 e. The van der Waals surface area contributed by atoms with Crippen LogP contribution in [0.15, 0.2) is 41.5 Å². The quantitative estimate of drug-likeness (QED) is 0.747. The van der Waals surface area contributed by atoms with Crippen molar-refractivity contribution >= 4 is 22.4 Å². The van der Waals surface area contributed by atoms with E-state index in [1.165, 1.54) is 27.6 Å². The lowest BCUT2D eigenvalue weighted by Gasteiger charge is -2.08. The van der Waals surface area contributed by atoms with Crippen molar-refractivity contribution in [3.05, 3.63) is 53.6 Å². The number of aryl methyl sites for hydroxylation is 2. The predicted octanol–water partition coefficient (Wildman–Crippen LogP) is 4.68. The molecule has 0 N–H and O–H groups in total. The molecule has 0 bridgehead atoms. The van der Waals surface area contributed by atoms with Gasteiger partial charge in [-0.25, -0.2) is 4.98 Å². The van der Waals surface area contributed by atoms with Crippen LogP contribution < -0.4 is 0 Å². The van der Waals surface area contributed by atoms with Gasteiger partial charge in [0.15, 0.2) is 0 Å². The van der Waals surface area contributed by atoms with Crippen molar-refractivity contribution in [2.75, 3.05) is 12.8 Å². The molecule has 2 heterocycles. The van der Waals surface area contributed by atoms with Gasteiger partial charge in [0.25, 0.3) is 0 Å². The van der Waals surface area contributed by atoms with Gasteiger partial charge in [-0.15, -0.1) is 11.8 Å². The van der Waals surface area contributed by atoms with Crippen LogP contribution in [0, 0.1) is 6.92 Å². The first-order valence-electron chi connectivity index (χ1n) is 8.08. The zero-order valence-corrected chi connectivity index (χ0v) is 14.9. The number of aliphatic imine (C=N–C) groups is 1. The van der Waals surface area contributed by atoms with E-state index in [-0.39, 0.29) is 0 Å². The Morgan fingerprint density at radius 3 is 2.74 bits per heavy atom. The SMILES string of the molecule is CN=C(C)CCc1nc(C2=CCCS2)cn1-c1ccc(C)cc1. The number of allylic oxidation sites excluding steroid dienone is 1. The molecular formula is C19H23N3S. The molecule has 0 aliphatic carbocycles. The minimum absolute atomic E-state index is 0.912. The number of aromatic nitrogens is 2. The minimum Gasteiger partial charge on any atom is -0.303 e. The van der Waals surface area contributed by atoms with E-state index in [4.69, 9.17) is 4.98 Å². The summed E-state index contributed by atoms with van der Waals surface area (Å²) in [7, 11) is 1.85. The Kier molecular flexibility index (Phi) is 5.01. The van der Waals surface area contributed by atoms with Gasteiger partial charge in [-0.1, -0.05) is 23.8 Å². The van der Waals surface area contributed by atoms with Crippen molar-refractivity contribution < 1.29 is 0 Å². The van der Waals surface area contributed by atoms with E-state index >= 15 is 0 Å². The Hall–Kier alpha value is -1.81. The molecule has 1 aliphatic heterocycles. The monoisotopic (exact) mass is 325 g/mol. The number of rotatable bonds is 5. The molecule has 1 aromatic heterocycles. The van der Waals surface area contributed by atoms with Gasteiger partial charge in [0.2, 0.25) is 0 Å². The summed E-state index contributed by atoms with van der Waals surface area (Å²) in [5.74, 6) is 2.28. The lowest BCUT2D eigenvalue weighted by Crippen LogP contribution is -2.03. The van der Waals surface area contributed by atoms with Crippen molar-refractivity contribution in [2.45, 2.75) is 33.1 Å². The third-order valence-corrected chi connectivity index (χ3v) is 5.27. The number of hydrogen-bond donors (Lipinski definition) is 0. The third-order valence-electron chi connectivity index (χ3n) is 4.14. The van der Waals surface area contributed by atoms with E-state index in [0.717, 1.165) is 30.8 Å². The molecule has 2 aromatic rings. The standard InChI is InChI=1S/C19H23N3S/c1-14-6-9-16(10-7-14)22-13-17(18-5-4-12-23-18)21-19(22)11-8-15(2)20-3/h5-7,9-10,13H,4,8,11-12H2,1-3H3. The van der Waals surface area contributed by atoms with Crippen LogP contribution in [0.3, 0.4) is 0 Å². The molecule has 0 fully saturated rings. The first-order valence-corrected chi connectivity index (χ1v) is 9.07. The molecule has 0 saturated carbocycles. The van der Waals surface area contributed by atoms with E-state index in [1.807, 2.05) is 18.8 Å². The Bertz CT molecular complexity index is 738. The molecule has 1 aromatic carbocycles. The number of hydrogen-bond acceptors (Lipinski definition) is 3. The van der Waals surface area contributed by atoms with Crippen molar-refractivity contribution in [3.8, 4) is 5.69 Å². The summed E-state index contributed by atoms with van der Waals surface area (Å²) >= 11 is 1.91. The van der Waals surface area contributed by atoms with Crippen LogP contribution in [-0.2, 0) is 6.42 Å². The Labute approximate surface area is 142 Å². The highest BCUT2D eigenvalue weighted by Gasteiger charge is 2.15. The molecule has 1 aliphatic rings. The maximum atomic E-state index is 4.92. The van der Waals surface area contributed by atoms with Gasteiger partial charge in [-0.2, -0.15) is 0 Å². The molecule has 0 radical (unpaired) electrons. The topological polar surface area (TPSA) is 30.2 Å². The predicted molar refractivity (Wildman–Crippen MR) is 101 cm³/mol. The summed E-state index contributed by atoms with van der Waals surface area (Å²) in [5, 5.41) is 0. The fourth-order valence-corrected chi connectivity index (χ4v) is 3.58. The van der Waals surface area contributed by atoms with Gasteiger partial charge in [-0.05, 0) is 38.8 Å². The highest BCUT2D eigenvalue weighted by Crippen LogP contribution is 2.34.